The molecular weight excluding hydrogens is 226 g/mol. The highest BCUT2D eigenvalue weighted by Crippen LogP contribution is 2.12. The van der Waals surface area contributed by atoms with Crippen molar-refractivity contribution in [2.75, 3.05) is 33.2 Å². The second-order valence-electron chi connectivity index (χ2n) is 5.39. The molecule has 1 fully saturated rings. The topological polar surface area (TPSA) is 49.6 Å². The van der Waals surface area contributed by atoms with Gasteiger partial charge >= 0.3 is 0 Å². The Kier molecular flexibility index (Phi) is 7.28. The van der Waals surface area contributed by atoms with Crippen LogP contribution in [0.3, 0.4) is 0 Å². The maximum atomic E-state index is 12.3. The molecule has 0 aromatic heterocycles. The summed E-state index contributed by atoms with van der Waals surface area (Å²) in [5, 5.41) is 0. The van der Waals surface area contributed by atoms with Gasteiger partial charge in [0, 0.05) is 13.1 Å². The molecule has 2 N–H and O–H groups in total. The first-order valence-electron chi connectivity index (χ1n) is 7.36. The van der Waals surface area contributed by atoms with Crippen LogP contribution in [0.25, 0.3) is 0 Å². The SMILES string of the molecule is CC(C(=O)N1CCCCC1)N(C)CCCCCN. The lowest BCUT2D eigenvalue weighted by Crippen LogP contribution is -2.47. The van der Waals surface area contributed by atoms with Crippen LogP contribution in [-0.4, -0.2) is 55.0 Å². The Hall–Kier alpha value is -0.610. The fourth-order valence-corrected chi connectivity index (χ4v) is 2.44. The maximum absolute atomic E-state index is 12.3. The zero-order chi connectivity index (χ0) is 13.4. The number of carbonyl (C=O) groups excluding carboxylic acids is 1. The van der Waals surface area contributed by atoms with Crippen LogP contribution in [-0.2, 0) is 4.79 Å². The summed E-state index contributed by atoms with van der Waals surface area (Å²) in [6.45, 7) is 5.68. The van der Waals surface area contributed by atoms with Gasteiger partial charge in [0.15, 0.2) is 0 Å². The number of unbranched alkanes of at least 4 members (excludes halogenated alkanes) is 2. The van der Waals surface area contributed by atoms with E-state index < -0.39 is 0 Å². The molecule has 1 heterocycles. The number of rotatable bonds is 7. The highest BCUT2D eigenvalue weighted by Gasteiger charge is 2.24. The maximum Gasteiger partial charge on any atom is 0.239 e. The van der Waals surface area contributed by atoms with Crippen molar-refractivity contribution in [1.29, 1.82) is 0 Å². The molecule has 18 heavy (non-hydrogen) atoms. The van der Waals surface area contributed by atoms with Gasteiger partial charge in [0.1, 0.15) is 0 Å². The summed E-state index contributed by atoms with van der Waals surface area (Å²) >= 11 is 0. The molecule has 4 nitrogen and oxygen atoms in total. The van der Waals surface area contributed by atoms with Crippen LogP contribution in [0.2, 0.25) is 0 Å². The molecule has 106 valence electrons. The van der Waals surface area contributed by atoms with E-state index in [0.29, 0.717) is 5.91 Å². The number of amides is 1. The van der Waals surface area contributed by atoms with E-state index in [9.17, 15) is 4.79 Å². The number of likely N-dealkylation sites (N-methyl/N-ethyl adjacent to an activating group) is 1. The van der Waals surface area contributed by atoms with Crippen molar-refractivity contribution in [3.8, 4) is 0 Å². The smallest absolute Gasteiger partial charge is 0.239 e. The average molecular weight is 255 g/mol. The standard InChI is InChI=1S/C14H29N3O/c1-13(16(2)10-6-3-5-9-15)14(18)17-11-7-4-8-12-17/h13H,3-12,15H2,1-2H3. The third kappa shape index (κ3) is 4.94. The van der Waals surface area contributed by atoms with Crippen molar-refractivity contribution in [1.82, 2.24) is 9.80 Å². The van der Waals surface area contributed by atoms with Crippen molar-refractivity contribution in [2.45, 2.75) is 51.5 Å². The van der Waals surface area contributed by atoms with Gasteiger partial charge in [-0.05, 0) is 59.2 Å². The van der Waals surface area contributed by atoms with Gasteiger partial charge in [-0.15, -0.1) is 0 Å². The molecule has 0 bridgehead atoms. The average Bonchev–Trinajstić information content (AvgIpc) is 2.42. The summed E-state index contributed by atoms with van der Waals surface area (Å²) in [5.74, 6) is 0.302. The van der Waals surface area contributed by atoms with Crippen molar-refractivity contribution in [2.24, 2.45) is 5.73 Å². The quantitative estimate of drug-likeness (QED) is 0.701. The second-order valence-corrected chi connectivity index (χ2v) is 5.39. The van der Waals surface area contributed by atoms with Gasteiger partial charge in [-0.1, -0.05) is 6.42 Å². The zero-order valence-corrected chi connectivity index (χ0v) is 12.0. The zero-order valence-electron chi connectivity index (χ0n) is 12.0. The molecule has 0 aromatic carbocycles. The summed E-state index contributed by atoms with van der Waals surface area (Å²) in [4.78, 5) is 16.5. The van der Waals surface area contributed by atoms with Gasteiger partial charge in [-0.2, -0.15) is 0 Å². The van der Waals surface area contributed by atoms with Crippen molar-refractivity contribution >= 4 is 5.91 Å². The summed E-state index contributed by atoms with van der Waals surface area (Å²) < 4.78 is 0. The minimum atomic E-state index is 0.0148. The third-order valence-electron chi connectivity index (χ3n) is 3.90. The van der Waals surface area contributed by atoms with Gasteiger partial charge < -0.3 is 10.6 Å². The van der Waals surface area contributed by atoms with E-state index in [1.54, 1.807) is 0 Å². The van der Waals surface area contributed by atoms with E-state index in [4.69, 9.17) is 5.73 Å². The molecule has 1 unspecified atom stereocenters. The van der Waals surface area contributed by atoms with E-state index in [0.717, 1.165) is 45.4 Å². The lowest BCUT2D eigenvalue weighted by molar-refractivity contribution is -0.136. The fraction of sp³-hybridized carbons (Fsp3) is 0.929. The predicted molar refractivity (Wildman–Crippen MR) is 75.4 cm³/mol. The molecule has 1 aliphatic rings. The Labute approximate surface area is 111 Å². The number of hydrogen-bond acceptors (Lipinski definition) is 3. The first-order valence-corrected chi connectivity index (χ1v) is 7.36. The van der Waals surface area contributed by atoms with Gasteiger partial charge in [0.25, 0.3) is 0 Å². The molecule has 0 saturated carbocycles. The van der Waals surface area contributed by atoms with E-state index >= 15 is 0 Å². The molecule has 1 aliphatic heterocycles. The molecule has 0 radical (unpaired) electrons. The van der Waals surface area contributed by atoms with Crippen LogP contribution in [0.5, 0.6) is 0 Å². The number of likely N-dealkylation sites (tertiary alicyclic amines) is 1. The number of hydrogen-bond donors (Lipinski definition) is 1. The van der Waals surface area contributed by atoms with Gasteiger partial charge in [0.05, 0.1) is 6.04 Å². The van der Waals surface area contributed by atoms with Crippen LogP contribution in [0.1, 0.15) is 45.4 Å². The highest BCUT2D eigenvalue weighted by molar-refractivity contribution is 5.81. The summed E-state index contributed by atoms with van der Waals surface area (Å²) in [6, 6.07) is 0.0148. The van der Waals surface area contributed by atoms with Crippen LogP contribution >= 0.6 is 0 Å². The van der Waals surface area contributed by atoms with Gasteiger partial charge in [-0.3, -0.25) is 9.69 Å². The largest absolute Gasteiger partial charge is 0.341 e. The number of nitrogens with two attached hydrogens (primary N) is 1. The summed E-state index contributed by atoms with van der Waals surface area (Å²) in [7, 11) is 2.05. The Morgan fingerprint density at radius 3 is 2.50 bits per heavy atom. The van der Waals surface area contributed by atoms with Gasteiger partial charge in [-0.25, -0.2) is 0 Å². The Morgan fingerprint density at radius 2 is 1.89 bits per heavy atom. The molecule has 1 rings (SSSR count). The first-order chi connectivity index (χ1) is 8.66. The highest BCUT2D eigenvalue weighted by atomic mass is 16.2. The van der Waals surface area contributed by atoms with Crippen molar-refractivity contribution in [3.05, 3.63) is 0 Å². The minimum absolute atomic E-state index is 0.0148. The summed E-state index contributed by atoms with van der Waals surface area (Å²) in [5.41, 5.74) is 5.48. The van der Waals surface area contributed by atoms with E-state index in [2.05, 4.69) is 11.9 Å². The molecule has 1 amide bonds. The van der Waals surface area contributed by atoms with Crippen LogP contribution in [0, 0.1) is 0 Å². The molecule has 0 aliphatic carbocycles. The van der Waals surface area contributed by atoms with E-state index in [1.165, 1.54) is 19.3 Å². The molecule has 1 saturated heterocycles. The number of piperidine rings is 1. The van der Waals surface area contributed by atoms with E-state index in [-0.39, 0.29) is 6.04 Å². The molecule has 1 atom stereocenters. The normalized spacial score (nSPS) is 18.1. The minimum Gasteiger partial charge on any atom is -0.341 e. The predicted octanol–water partition coefficient (Wildman–Crippen LogP) is 1.45. The van der Waals surface area contributed by atoms with Crippen molar-refractivity contribution < 1.29 is 4.79 Å². The Morgan fingerprint density at radius 1 is 1.22 bits per heavy atom. The Bertz CT molecular complexity index is 239. The van der Waals surface area contributed by atoms with Crippen LogP contribution < -0.4 is 5.73 Å². The lowest BCUT2D eigenvalue weighted by atomic mass is 10.1. The third-order valence-corrected chi connectivity index (χ3v) is 3.90. The first kappa shape index (κ1) is 15.4. The summed E-state index contributed by atoms with van der Waals surface area (Å²) in [6.07, 6.45) is 6.98. The molecule has 0 spiro atoms. The van der Waals surface area contributed by atoms with Gasteiger partial charge in [0.2, 0.25) is 5.91 Å². The van der Waals surface area contributed by atoms with Crippen LogP contribution in [0.15, 0.2) is 0 Å². The van der Waals surface area contributed by atoms with Crippen LogP contribution in [0.4, 0.5) is 0 Å². The number of nitrogens with zero attached hydrogens (tertiary/aromatic N) is 2. The number of carbonyl (C=O) groups is 1. The molecule has 4 heteroatoms. The fourth-order valence-electron chi connectivity index (χ4n) is 2.44. The lowest BCUT2D eigenvalue weighted by Gasteiger charge is -2.32. The van der Waals surface area contributed by atoms with E-state index in [1.807, 2.05) is 11.8 Å². The second kappa shape index (κ2) is 8.48. The monoisotopic (exact) mass is 255 g/mol. The Balaban J connectivity index is 2.27. The molecular formula is C14H29N3O. The van der Waals surface area contributed by atoms with Crippen molar-refractivity contribution in [3.63, 3.8) is 0 Å². The molecule has 0 aromatic rings.